The average Bonchev–Trinajstić information content (AvgIpc) is 2.94. The van der Waals surface area contributed by atoms with Crippen LogP contribution in [0.4, 0.5) is 0 Å². The maximum Gasteiger partial charge on any atom is 0.190 e. The lowest BCUT2D eigenvalue weighted by atomic mass is 10.3. The first-order valence-corrected chi connectivity index (χ1v) is 9.09. The van der Waals surface area contributed by atoms with E-state index in [0.29, 0.717) is 0 Å². The smallest absolute Gasteiger partial charge is 0.190 e. The molecule has 0 saturated heterocycles. The molecule has 7 heteroatoms. The van der Waals surface area contributed by atoms with E-state index in [-0.39, 0.29) is 24.0 Å². The molecule has 0 spiro atoms. The van der Waals surface area contributed by atoms with Crippen molar-refractivity contribution in [3.8, 4) is 0 Å². The highest BCUT2D eigenvalue weighted by Crippen LogP contribution is 2.10. The minimum atomic E-state index is 0. The number of aryl methyl sites for hydroxylation is 1. The van der Waals surface area contributed by atoms with Gasteiger partial charge >= 0.3 is 0 Å². The lowest BCUT2D eigenvalue weighted by Crippen LogP contribution is -2.38. The number of aromatic nitrogens is 1. The van der Waals surface area contributed by atoms with E-state index in [1.165, 1.54) is 29.3 Å². The number of guanidine groups is 1. The van der Waals surface area contributed by atoms with Gasteiger partial charge in [0.15, 0.2) is 5.96 Å². The predicted molar refractivity (Wildman–Crippen MR) is 112 cm³/mol. The van der Waals surface area contributed by atoms with Crippen LogP contribution in [0.25, 0.3) is 0 Å². The highest BCUT2D eigenvalue weighted by molar-refractivity contribution is 14.0. The van der Waals surface area contributed by atoms with Crippen LogP contribution in [-0.2, 0) is 6.42 Å². The van der Waals surface area contributed by atoms with Crippen LogP contribution >= 0.6 is 35.3 Å². The Hall–Kier alpha value is -0.410. The fourth-order valence-corrected chi connectivity index (χ4v) is 3.02. The van der Waals surface area contributed by atoms with E-state index in [0.717, 1.165) is 38.6 Å². The van der Waals surface area contributed by atoms with Gasteiger partial charge in [0.2, 0.25) is 0 Å². The molecule has 0 aliphatic carbocycles. The van der Waals surface area contributed by atoms with Crippen LogP contribution in [-0.4, -0.2) is 55.6 Å². The normalized spacial score (nSPS) is 11.4. The lowest BCUT2D eigenvalue weighted by Gasteiger charge is -2.18. The third-order valence-corrected chi connectivity index (χ3v) is 4.58. The predicted octanol–water partition coefficient (Wildman–Crippen LogP) is 2.90. The Bertz CT molecular complexity index is 432. The van der Waals surface area contributed by atoms with Crippen LogP contribution < -0.4 is 10.6 Å². The summed E-state index contributed by atoms with van der Waals surface area (Å²) in [4.78, 5) is 12.4. The summed E-state index contributed by atoms with van der Waals surface area (Å²) in [5, 5.41) is 7.90. The minimum absolute atomic E-state index is 0. The quantitative estimate of drug-likeness (QED) is 0.248. The van der Waals surface area contributed by atoms with E-state index in [1.54, 1.807) is 11.3 Å². The average molecular weight is 453 g/mol. The topological polar surface area (TPSA) is 52.5 Å². The number of nitrogens with zero attached hydrogens (tertiary/aromatic N) is 3. The molecule has 0 radical (unpaired) electrons. The zero-order valence-corrected chi connectivity index (χ0v) is 18.0. The molecular formula is C16H32IN5S. The lowest BCUT2D eigenvalue weighted by molar-refractivity contribution is 0.297. The summed E-state index contributed by atoms with van der Waals surface area (Å²) in [6.07, 6.45) is 5.27. The molecule has 0 aliphatic heterocycles. The summed E-state index contributed by atoms with van der Waals surface area (Å²) >= 11 is 1.76. The van der Waals surface area contributed by atoms with Crippen molar-refractivity contribution < 1.29 is 0 Å². The van der Waals surface area contributed by atoms with Crippen molar-refractivity contribution in [2.24, 2.45) is 4.99 Å². The Morgan fingerprint density at radius 2 is 1.91 bits per heavy atom. The van der Waals surface area contributed by atoms with Gasteiger partial charge in [0.05, 0.1) is 5.01 Å². The van der Waals surface area contributed by atoms with Crippen molar-refractivity contribution in [2.75, 3.05) is 39.8 Å². The molecule has 1 heterocycles. The second-order valence-electron chi connectivity index (χ2n) is 5.27. The Morgan fingerprint density at radius 3 is 2.48 bits per heavy atom. The SMILES string of the molecule is CCN(CC)CCCCNC(=NC)NCCc1ncc(C)s1.I. The molecule has 0 aliphatic rings. The largest absolute Gasteiger partial charge is 0.356 e. The molecule has 0 bridgehead atoms. The maximum atomic E-state index is 4.37. The summed E-state index contributed by atoms with van der Waals surface area (Å²) in [6, 6.07) is 0. The standard InChI is InChI=1S/C16H31N5S.HI/c1-5-21(6-2)12-8-7-10-18-16(17-4)19-11-9-15-20-13-14(3)22-15;/h13H,5-12H2,1-4H3,(H2,17,18,19);1H. The summed E-state index contributed by atoms with van der Waals surface area (Å²) in [5.41, 5.74) is 0. The van der Waals surface area contributed by atoms with E-state index in [2.05, 4.69) is 46.3 Å². The third-order valence-electron chi connectivity index (χ3n) is 3.61. The number of aliphatic imine (C=N–C) groups is 1. The maximum absolute atomic E-state index is 4.37. The van der Waals surface area contributed by atoms with E-state index >= 15 is 0 Å². The molecule has 1 aromatic heterocycles. The molecule has 134 valence electrons. The first-order chi connectivity index (χ1) is 10.7. The van der Waals surface area contributed by atoms with Gasteiger partial charge in [0.25, 0.3) is 0 Å². The minimum Gasteiger partial charge on any atom is -0.356 e. The van der Waals surface area contributed by atoms with Gasteiger partial charge < -0.3 is 15.5 Å². The molecule has 1 aromatic rings. The van der Waals surface area contributed by atoms with Gasteiger partial charge in [-0.3, -0.25) is 4.99 Å². The van der Waals surface area contributed by atoms with Crippen molar-refractivity contribution in [3.63, 3.8) is 0 Å². The Balaban J connectivity index is 0.00000484. The summed E-state index contributed by atoms with van der Waals surface area (Å²) in [6.45, 7) is 11.8. The molecule has 0 saturated carbocycles. The molecule has 1 rings (SSSR count). The van der Waals surface area contributed by atoms with Crippen LogP contribution in [0.15, 0.2) is 11.2 Å². The number of nitrogens with one attached hydrogen (secondary N) is 2. The fraction of sp³-hybridized carbons (Fsp3) is 0.750. The number of rotatable bonds is 10. The van der Waals surface area contributed by atoms with Gasteiger partial charge in [-0.15, -0.1) is 35.3 Å². The first kappa shape index (κ1) is 22.6. The van der Waals surface area contributed by atoms with Crippen LogP contribution in [0.2, 0.25) is 0 Å². The highest BCUT2D eigenvalue weighted by Gasteiger charge is 2.01. The molecule has 0 fully saturated rings. The Morgan fingerprint density at radius 1 is 1.22 bits per heavy atom. The molecule has 0 amide bonds. The third kappa shape index (κ3) is 10.1. The summed E-state index contributed by atoms with van der Waals surface area (Å²) in [5.74, 6) is 0.885. The zero-order chi connectivity index (χ0) is 16.2. The van der Waals surface area contributed by atoms with Crippen molar-refractivity contribution in [1.29, 1.82) is 0 Å². The zero-order valence-electron chi connectivity index (χ0n) is 14.9. The van der Waals surface area contributed by atoms with E-state index in [4.69, 9.17) is 0 Å². The van der Waals surface area contributed by atoms with Gasteiger partial charge in [-0.05, 0) is 39.4 Å². The molecule has 2 N–H and O–H groups in total. The van der Waals surface area contributed by atoms with E-state index < -0.39 is 0 Å². The van der Waals surface area contributed by atoms with Crippen LogP contribution in [0.1, 0.15) is 36.6 Å². The van der Waals surface area contributed by atoms with Crippen molar-refractivity contribution in [3.05, 3.63) is 16.1 Å². The Kier molecular flexibility index (Phi) is 13.7. The first-order valence-electron chi connectivity index (χ1n) is 8.27. The van der Waals surface area contributed by atoms with Gasteiger partial charge in [-0.1, -0.05) is 13.8 Å². The number of unbranched alkanes of at least 4 members (excludes halogenated alkanes) is 1. The van der Waals surface area contributed by atoms with E-state index in [1.807, 2.05) is 13.2 Å². The van der Waals surface area contributed by atoms with Crippen molar-refractivity contribution >= 4 is 41.3 Å². The van der Waals surface area contributed by atoms with Crippen molar-refractivity contribution in [2.45, 2.75) is 40.0 Å². The molecule has 23 heavy (non-hydrogen) atoms. The van der Waals surface area contributed by atoms with Crippen LogP contribution in [0, 0.1) is 6.92 Å². The molecule has 0 atom stereocenters. The highest BCUT2D eigenvalue weighted by atomic mass is 127. The molecule has 0 unspecified atom stereocenters. The van der Waals surface area contributed by atoms with Gasteiger partial charge in [0.1, 0.15) is 0 Å². The van der Waals surface area contributed by atoms with E-state index in [9.17, 15) is 0 Å². The van der Waals surface area contributed by atoms with Crippen LogP contribution in [0.5, 0.6) is 0 Å². The van der Waals surface area contributed by atoms with Gasteiger partial charge in [0, 0.05) is 37.6 Å². The monoisotopic (exact) mass is 453 g/mol. The second kappa shape index (κ2) is 14.0. The van der Waals surface area contributed by atoms with Crippen molar-refractivity contribution in [1.82, 2.24) is 20.5 Å². The fourth-order valence-electron chi connectivity index (χ4n) is 2.23. The number of halogens is 1. The molecule has 0 aromatic carbocycles. The van der Waals surface area contributed by atoms with Gasteiger partial charge in [-0.25, -0.2) is 4.98 Å². The summed E-state index contributed by atoms with van der Waals surface area (Å²) < 4.78 is 0. The van der Waals surface area contributed by atoms with Crippen LogP contribution in [0.3, 0.4) is 0 Å². The molecular weight excluding hydrogens is 421 g/mol. The number of hydrogen-bond acceptors (Lipinski definition) is 4. The molecule has 5 nitrogen and oxygen atoms in total. The second-order valence-corrected chi connectivity index (χ2v) is 6.59. The number of thiazole rings is 1. The van der Waals surface area contributed by atoms with Gasteiger partial charge in [-0.2, -0.15) is 0 Å². The number of hydrogen-bond donors (Lipinski definition) is 2. The Labute approximate surface area is 162 Å². The summed E-state index contributed by atoms with van der Waals surface area (Å²) in [7, 11) is 1.82.